The number of benzene rings is 1. The number of aliphatic hydroxyl groups is 1. The Labute approximate surface area is 88.6 Å². The predicted octanol–water partition coefficient (Wildman–Crippen LogP) is 2.59. The van der Waals surface area contributed by atoms with Gasteiger partial charge in [-0.2, -0.15) is 0 Å². The van der Waals surface area contributed by atoms with Crippen LogP contribution in [0.25, 0.3) is 0 Å². The van der Waals surface area contributed by atoms with Crippen LogP contribution >= 0.6 is 15.9 Å². The fourth-order valence-corrected chi connectivity index (χ4v) is 1.45. The van der Waals surface area contributed by atoms with Crippen LogP contribution in [0, 0.1) is 0 Å². The Morgan fingerprint density at radius 3 is 2.64 bits per heavy atom. The van der Waals surface area contributed by atoms with E-state index in [4.69, 9.17) is 9.84 Å². The van der Waals surface area contributed by atoms with Crippen molar-refractivity contribution in [1.82, 2.24) is 0 Å². The molecule has 0 heterocycles. The van der Waals surface area contributed by atoms with Gasteiger partial charge in [0.1, 0.15) is 12.4 Å². The summed E-state index contributed by atoms with van der Waals surface area (Å²) in [6, 6.07) is 4.78. The molecule has 0 amide bonds. The van der Waals surface area contributed by atoms with Crippen LogP contribution in [0.5, 0.6) is 5.75 Å². The molecule has 0 radical (unpaired) electrons. The van der Waals surface area contributed by atoms with Crippen LogP contribution in [0.4, 0.5) is 8.78 Å². The average Bonchev–Trinajstić information content (AvgIpc) is 2.15. The summed E-state index contributed by atoms with van der Waals surface area (Å²) >= 11 is 3.16. The van der Waals surface area contributed by atoms with Gasteiger partial charge in [0.2, 0.25) is 0 Å². The minimum Gasteiger partial charge on any atom is -0.486 e. The van der Waals surface area contributed by atoms with Gasteiger partial charge in [-0.1, -0.05) is 6.07 Å². The lowest BCUT2D eigenvalue weighted by Gasteiger charge is -2.08. The lowest BCUT2D eigenvalue weighted by atomic mass is 10.2. The summed E-state index contributed by atoms with van der Waals surface area (Å²) in [5.74, 6) is 0.350. The smallest absolute Gasteiger partial charge is 0.272 e. The monoisotopic (exact) mass is 266 g/mol. The highest BCUT2D eigenvalue weighted by atomic mass is 79.9. The Hall–Kier alpha value is -0.680. The van der Waals surface area contributed by atoms with E-state index in [1.165, 1.54) is 6.07 Å². The van der Waals surface area contributed by atoms with Crippen molar-refractivity contribution in [3.05, 3.63) is 28.2 Å². The van der Waals surface area contributed by atoms with E-state index >= 15 is 0 Å². The van der Waals surface area contributed by atoms with Crippen LogP contribution in [-0.2, 0) is 6.61 Å². The minimum atomic E-state index is -2.49. The van der Waals surface area contributed by atoms with Crippen LogP contribution in [0.15, 0.2) is 22.7 Å². The molecular weight excluding hydrogens is 258 g/mol. The second kappa shape index (κ2) is 5.26. The summed E-state index contributed by atoms with van der Waals surface area (Å²) in [6.45, 7) is -0.717. The van der Waals surface area contributed by atoms with Gasteiger partial charge in [-0.3, -0.25) is 0 Å². The topological polar surface area (TPSA) is 29.5 Å². The molecule has 1 rings (SSSR count). The van der Waals surface area contributed by atoms with Crippen molar-refractivity contribution >= 4 is 15.9 Å². The van der Waals surface area contributed by atoms with E-state index in [1.54, 1.807) is 12.1 Å². The van der Waals surface area contributed by atoms with E-state index in [2.05, 4.69) is 15.9 Å². The molecule has 78 valence electrons. The lowest BCUT2D eigenvalue weighted by molar-refractivity contribution is 0.0815. The third-order valence-electron chi connectivity index (χ3n) is 1.54. The third-order valence-corrected chi connectivity index (χ3v) is 2.16. The number of aliphatic hydroxyl groups excluding tert-OH is 1. The third kappa shape index (κ3) is 3.23. The molecule has 0 atom stereocenters. The lowest BCUT2D eigenvalue weighted by Crippen LogP contribution is -2.07. The molecule has 1 N–H and O–H groups in total. The van der Waals surface area contributed by atoms with Crippen molar-refractivity contribution in [1.29, 1.82) is 0 Å². The van der Waals surface area contributed by atoms with Crippen LogP contribution in [-0.4, -0.2) is 18.1 Å². The van der Waals surface area contributed by atoms with Crippen molar-refractivity contribution in [2.45, 2.75) is 13.0 Å². The second-order valence-electron chi connectivity index (χ2n) is 2.62. The SMILES string of the molecule is OCc1ccc(OCC(F)F)c(Br)c1. The summed E-state index contributed by atoms with van der Waals surface area (Å²) in [5.41, 5.74) is 0.696. The van der Waals surface area contributed by atoms with Crippen LogP contribution < -0.4 is 4.74 Å². The molecule has 0 aliphatic carbocycles. The van der Waals surface area contributed by atoms with Gasteiger partial charge in [0.15, 0.2) is 0 Å². The van der Waals surface area contributed by atoms with Gasteiger partial charge in [-0.25, -0.2) is 8.78 Å². The van der Waals surface area contributed by atoms with E-state index in [0.29, 0.717) is 15.8 Å². The van der Waals surface area contributed by atoms with E-state index in [1.807, 2.05) is 0 Å². The number of rotatable bonds is 4. The van der Waals surface area contributed by atoms with E-state index in [0.717, 1.165) is 0 Å². The molecule has 14 heavy (non-hydrogen) atoms. The summed E-state index contributed by atoms with van der Waals surface area (Å²) in [4.78, 5) is 0. The summed E-state index contributed by atoms with van der Waals surface area (Å²) in [7, 11) is 0. The highest BCUT2D eigenvalue weighted by molar-refractivity contribution is 9.10. The van der Waals surface area contributed by atoms with E-state index in [9.17, 15) is 8.78 Å². The zero-order valence-corrected chi connectivity index (χ0v) is 8.80. The molecule has 2 nitrogen and oxygen atoms in total. The Kier molecular flexibility index (Phi) is 4.28. The molecule has 1 aromatic carbocycles. The molecule has 0 aromatic heterocycles. The molecule has 0 aliphatic rings. The average molecular weight is 267 g/mol. The van der Waals surface area contributed by atoms with Crippen molar-refractivity contribution < 1.29 is 18.6 Å². The van der Waals surface area contributed by atoms with E-state index < -0.39 is 13.0 Å². The summed E-state index contributed by atoms with van der Waals surface area (Å²) in [6.07, 6.45) is -2.49. The first-order chi connectivity index (χ1) is 6.63. The van der Waals surface area contributed by atoms with Crippen LogP contribution in [0.1, 0.15) is 5.56 Å². The van der Waals surface area contributed by atoms with Gasteiger partial charge in [0.05, 0.1) is 11.1 Å². The van der Waals surface area contributed by atoms with Crippen molar-refractivity contribution in [3.8, 4) is 5.75 Å². The molecule has 1 aromatic rings. The van der Waals surface area contributed by atoms with Gasteiger partial charge in [0.25, 0.3) is 6.43 Å². The number of alkyl halides is 2. The quantitative estimate of drug-likeness (QED) is 0.908. The van der Waals surface area contributed by atoms with Crippen LogP contribution in [0.2, 0.25) is 0 Å². The first-order valence-electron chi connectivity index (χ1n) is 3.93. The molecule has 5 heteroatoms. The largest absolute Gasteiger partial charge is 0.486 e. The number of hydrogen-bond acceptors (Lipinski definition) is 2. The standard InChI is InChI=1S/C9H9BrF2O2/c10-7-3-6(4-13)1-2-8(7)14-5-9(11)12/h1-3,9,13H,4-5H2. The Balaban J connectivity index is 2.69. The molecule has 0 spiro atoms. The Bertz CT molecular complexity index is 305. The Morgan fingerprint density at radius 1 is 1.43 bits per heavy atom. The summed E-state index contributed by atoms with van der Waals surface area (Å²) < 4.78 is 29.0. The molecule has 0 saturated carbocycles. The maximum atomic E-state index is 11.8. The van der Waals surface area contributed by atoms with Gasteiger partial charge >= 0.3 is 0 Å². The fraction of sp³-hybridized carbons (Fsp3) is 0.333. The van der Waals surface area contributed by atoms with Gasteiger partial charge < -0.3 is 9.84 Å². The van der Waals surface area contributed by atoms with E-state index in [-0.39, 0.29) is 6.61 Å². The molecule has 0 bridgehead atoms. The minimum absolute atomic E-state index is 0.0896. The van der Waals surface area contributed by atoms with Crippen molar-refractivity contribution in [2.24, 2.45) is 0 Å². The van der Waals surface area contributed by atoms with Gasteiger partial charge in [-0.05, 0) is 33.6 Å². The molecule has 0 saturated heterocycles. The maximum Gasteiger partial charge on any atom is 0.272 e. The highest BCUT2D eigenvalue weighted by Crippen LogP contribution is 2.26. The fourth-order valence-electron chi connectivity index (χ4n) is 0.913. The summed E-state index contributed by atoms with van der Waals surface area (Å²) in [5, 5.41) is 8.79. The Morgan fingerprint density at radius 2 is 2.14 bits per heavy atom. The van der Waals surface area contributed by atoms with Gasteiger partial charge in [-0.15, -0.1) is 0 Å². The second-order valence-corrected chi connectivity index (χ2v) is 3.48. The maximum absolute atomic E-state index is 11.8. The number of hydrogen-bond donors (Lipinski definition) is 1. The first kappa shape index (κ1) is 11.4. The number of halogens is 3. The predicted molar refractivity (Wildman–Crippen MR) is 51.6 cm³/mol. The van der Waals surface area contributed by atoms with Gasteiger partial charge in [0, 0.05) is 0 Å². The molecular formula is C9H9BrF2O2. The molecule has 0 unspecified atom stereocenters. The van der Waals surface area contributed by atoms with Crippen LogP contribution in [0.3, 0.4) is 0 Å². The normalized spacial score (nSPS) is 10.6. The molecule has 0 aliphatic heterocycles. The van der Waals surface area contributed by atoms with Crippen molar-refractivity contribution in [3.63, 3.8) is 0 Å². The number of ether oxygens (including phenoxy) is 1. The zero-order chi connectivity index (χ0) is 10.6. The zero-order valence-electron chi connectivity index (χ0n) is 7.21. The highest BCUT2D eigenvalue weighted by Gasteiger charge is 2.06. The molecule has 0 fully saturated rings. The first-order valence-corrected chi connectivity index (χ1v) is 4.73. The van der Waals surface area contributed by atoms with Crippen molar-refractivity contribution in [2.75, 3.05) is 6.61 Å².